The topological polar surface area (TPSA) is 41.6 Å². The van der Waals surface area contributed by atoms with E-state index in [-0.39, 0.29) is 0 Å². The molecular formula is C18H19N3S. The van der Waals surface area contributed by atoms with Crippen LogP contribution in [0.5, 0.6) is 0 Å². The Morgan fingerprint density at radius 2 is 1.95 bits per heavy atom. The maximum absolute atomic E-state index is 4.73. The van der Waals surface area contributed by atoms with Crippen LogP contribution in [0.15, 0.2) is 35.6 Å². The summed E-state index contributed by atoms with van der Waals surface area (Å²) in [6, 6.07) is 8.76. The smallest absolute Gasteiger partial charge is 0.166 e. The first kappa shape index (κ1) is 13.8. The summed E-state index contributed by atoms with van der Waals surface area (Å²) in [5.41, 5.74) is 7.54. The highest BCUT2D eigenvalue weighted by atomic mass is 32.2. The highest BCUT2D eigenvalue weighted by molar-refractivity contribution is 7.98. The summed E-state index contributed by atoms with van der Waals surface area (Å²) in [5, 5.41) is 0.986. The van der Waals surface area contributed by atoms with Crippen molar-refractivity contribution in [3.63, 3.8) is 0 Å². The van der Waals surface area contributed by atoms with Crippen molar-refractivity contribution in [3.8, 4) is 0 Å². The van der Waals surface area contributed by atoms with Crippen LogP contribution in [0.1, 0.15) is 35.2 Å². The Morgan fingerprint density at radius 1 is 1.14 bits per heavy atom. The summed E-state index contributed by atoms with van der Waals surface area (Å²) in [6.07, 6.45) is 6.95. The first-order valence-electron chi connectivity index (χ1n) is 7.84. The predicted octanol–water partition coefficient (Wildman–Crippen LogP) is 4.44. The molecule has 0 radical (unpaired) electrons. The van der Waals surface area contributed by atoms with E-state index in [9.17, 15) is 0 Å². The van der Waals surface area contributed by atoms with E-state index in [2.05, 4.69) is 41.2 Å². The van der Waals surface area contributed by atoms with E-state index in [1.165, 1.54) is 47.9 Å². The van der Waals surface area contributed by atoms with Gasteiger partial charge in [0.2, 0.25) is 0 Å². The van der Waals surface area contributed by atoms with Crippen LogP contribution in [0.3, 0.4) is 0 Å². The number of aromatic amines is 1. The third-order valence-corrected chi connectivity index (χ3v) is 5.16. The molecule has 0 saturated heterocycles. The second-order valence-electron chi connectivity index (χ2n) is 6.00. The highest BCUT2D eigenvalue weighted by Gasteiger charge is 2.12. The molecule has 2 heterocycles. The van der Waals surface area contributed by atoms with Crippen LogP contribution in [-0.2, 0) is 18.6 Å². The zero-order chi connectivity index (χ0) is 14.9. The number of imidazole rings is 1. The number of aromatic nitrogens is 3. The van der Waals surface area contributed by atoms with Gasteiger partial charge in [-0.15, -0.1) is 0 Å². The van der Waals surface area contributed by atoms with E-state index < -0.39 is 0 Å². The Kier molecular flexibility index (Phi) is 3.62. The van der Waals surface area contributed by atoms with Crippen molar-refractivity contribution < 1.29 is 0 Å². The maximum Gasteiger partial charge on any atom is 0.166 e. The van der Waals surface area contributed by atoms with Crippen molar-refractivity contribution >= 4 is 22.8 Å². The van der Waals surface area contributed by atoms with Gasteiger partial charge < -0.3 is 4.98 Å². The van der Waals surface area contributed by atoms with E-state index in [1.807, 2.05) is 6.20 Å². The Bertz CT molecular complexity index is 762. The number of nitrogens with zero attached hydrogens (tertiary/aromatic N) is 2. The molecule has 0 atom stereocenters. The van der Waals surface area contributed by atoms with Crippen molar-refractivity contribution in [2.45, 2.75) is 43.5 Å². The minimum absolute atomic E-state index is 0.847. The van der Waals surface area contributed by atoms with Crippen molar-refractivity contribution in [2.24, 2.45) is 0 Å². The van der Waals surface area contributed by atoms with Crippen LogP contribution >= 0.6 is 11.8 Å². The second kappa shape index (κ2) is 5.76. The lowest BCUT2D eigenvalue weighted by Gasteiger charge is -2.14. The van der Waals surface area contributed by atoms with Crippen molar-refractivity contribution in [1.82, 2.24) is 15.0 Å². The molecule has 4 rings (SSSR count). The van der Waals surface area contributed by atoms with Crippen molar-refractivity contribution in [3.05, 3.63) is 52.8 Å². The average molecular weight is 309 g/mol. The average Bonchev–Trinajstić information content (AvgIpc) is 2.93. The summed E-state index contributed by atoms with van der Waals surface area (Å²) in [5.74, 6) is 0.847. The lowest BCUT2D eigenvalue weighted by Crippen LogP contribution is -2.01. The molecular weight excluding hydrogens is 290 g/mol. The van der Waals surface area contributed by atoms with Gasteiger partial charge in [0.05, 0.1) is 16.7 Å². The van der Waals surface area contributed by atoms with E-state index >= 15 is 0 Å². The molecule has 3 aromatic rings. The molecule has 0 amide bonds. The quantitative estimate of drug-likeness (QED) is 0.727. The SMILES string of the molecule is Cc1ccc(CSc2nc3cc4c(cc3[nH]2)CCCC4)nc1. The zero-order valence-electron chi connectivity index (χ0n) is 12.7. The first-order valence-corrected chi connectivity index (χ1v) is 8.82. The largest absolute Gasteiger partial charge is 0.333 e. The second-order valence-corrected chi connectivity index (χ2v) is 6.97. The molecule has 1 aliphatic carbocycles. The molecule has 1 aromatic carbocycles. The number of benzene rings is 1. The van der Waals surface area contributed by atoms with Crippen LogP contribution in [0.2, 0.25) is 0 Å². The highest BCUT2D eigenvalue weighted by Crippen LogP contribution is 2.28. The third kappa shape index (κ3) is 2.75. The minimum Gasteiger partial charge on any atom is -0.333 e. The fourth-order valence-electron chi connectivity index (χ4n) is 3.01. The number of rotatable bonds is 3. The summed E-state index contributed by atoms with van der Waals surface area (Å²) < 4.78 is 0. The van der Waals surface area contributed by atoms with Gasteiger partial charge in [0, 0.05) is 11.9 Å². The molecule has 2 aromatic heterocycles. The minimum atomic E-state index is 0.847. The molecule has 0 saturated carbocycles. The zero-order valence-corrected chi connectivity index (χ0v) is 13.5. The van der Waals surface area contributed by atoms with Gasteiger partial charge >= 0.3 is 0 Å². The fourth-order valence-corrected chi connectivity index (χ4v) is 3.81. The van der Waals surface area contributed by atoms with E-state index in [4.69, 9.17) is 4.98 Å². The van der Waals surface area contributed by atoms with Gasteiger partial charge in [-0.25, -0.2) is 4.98 Å². The molecule has 0 fully saturated rings. The standard InChI is InChI=1S/C18H19N3S/c1-12-6-7-15(19-10-12)11-22-18-20-16-8-13-4-2-3-5-14(13)9-17(16)21-18/h6-10H,2-5,11H2,1H3,(H,20,21). The van der Waals surface area contributed by atoms with Gasteiger partial charge in [-0.1, -0.05) is 17.8 Å². The first-order chi connectivity index (χ1) is 10.8. The Balaban J connectivity index is 1.56. The van der Waals surface area contributed by atoms with Crippen LogP contribution in [-0.4, -0.2) is 15.0 Å². The van der Waals surface area contributed by atoms with Gasteiger partial charge in [0.1, 0.15) is 0 Å². The Labute approximate surface area is 134 Å². The molecule has 0 bridgehead atoms. The number of fused-ring (bicyclic) bond motifs is 2. The molecule has 22 heavy (non-hydrogen) atoms. The number of thioether (sulfide) groups is 1. The molecule has 3 nitrogen and oxygen atoms in total. The molecule has 4 heteroatoms. The van der Waals surface area contributed by atoms with Crippen molar-refractivity contribution in [2.75, 3.05) is 0 Å². The molecule has 0 aliphatic heterocycles. The van der Waals surface area contributed by atoms with Gasteiger partial charge in [-0.3, -0.25) is 4.98 Å². The molecule has 1 N–H and O–H groups in total. The summed E-state index contributed by atoms with van der Waals surface area (Å²) in [4.78, 5) is 12.6. The Morgan fingerprint density at radius 3 is 2.73 bits per heavy atom. The number of hydrogen-bond donors (Lipinski definition) is 1. The number of nitrogens with one attached hydrogen (secondary N) is 1. The summed E-state index contributed by atoms with van der Waals surface area (Å²) in [6.45, 7) is 2.06. The normalized spacial score (nSPS) is 14.2. The molecule has 112 valence electrons. The van der Waals surface area contributed by atoms with Crippen LogP contribution in [0, 0.1) is 6.92 Å². The van der Waals surface area contributed by atoms with E-state index in [1.54, 1.807) is 11.8 Å². The van der Waals surface area contributed by atoms with Gasteiger partial charge in [-0.05, 0) is 67.5 Å². The maximum atomic E-state index is 4.73. The van der Waals surface area contributed by atoms with Gasteiger partial charge in [0.25, 0.3) is 0 Å². The predicted molar refractivity (Wildman–Crippen MR) is 91.3 cm³/mol. The lowest BCUT2D eigenvalue weighted by atomic mass is 9.91. The van der Waals surface area contributed by atoms with E-state index in [0.29, 0.717) is 0 Å². The summed E-state index contributed by atoms with van der Waals surface area (Å²) in [7, 11) is 0. The number of hydrogen-bond acceptors (Lipinski definition) is 3. The van der Waals surface area contributed by atoms with E-state index in [0.717, 1.165) is 22.1 Å². The Hall–Kier alpha value is -1.81. The number of pyridine rings is 1. The molecule has 0 unspecified atom stereocenters. The van der Waals surface area contributed by atoms with Crippen LogP contribution in [0.25, 0.3) is 11.0 Å². The van der Waals surface area contributed by atoms with Gasteiger partial charge in [0.15, 0.2) is 5.16 Å². The number of aryl methyl sites for hydroxylation is 3. The summed E-state index contributed by atoms with van der Waals surface area (Å²) >= 11 is 1.72. The lowest BCUT2D eigenvalue weighted by molar-refractivity contribution is 0.687. The van der Waals surface area contributed by atoms with Crippen LogP contribution < -0.4 is 0 Å². The van der Waals surface area contributed by atoms with Crippen LogP contribution in [0.4, 0.5) is 0 Å². The number of H-pyrrole nitrogens is 1. The molecule has 1 aliphatic rings. The third-order valence-electron chi connectivity index (χ3n) is 4.25. The van der Waals surface area contributed by atoms with Crippen molar-refractivity contribution in [1.29, 1.82) is 0 Å². The van der Waals surface area contributed by atoms with Gasteiger partial charge in [-0.2, -0.15) is 0 Å². The molecule has 0 spiro atoms. The monoisotopic (exact) mass is 309 g/mol. The fraction of sp³-hybridized carbons (Fsp3) is 0.333.